The van der Waals surface area contributed by atoms with Crippen LogP contribution in [-0.4, -0.2) is 12.3 Å². The Morgan fingerprint density at radius 2 is 2.20 bits per heavy atom. The highest BCUT2D eigenvalue weighted by Crippen LogP contribution is 2.23. The van der Waals surface area contributed by atoms with E-state index in [4.69, 9.17) is 4.84 Å². The lowest BCUT2D eigenvalue weighted by molar-refractivity contribution is 0.130. The number of alkyl halides is 2. The predicted octanol–water partition coefficient (Wildman–Crippen LogP) is 3.01. The molecule has 0 bridgehead atoms. The zero-order valence-corrected chi connectivity index (χ0v) is 7.99. The second-order valence-electron chi connectivity index (χ2n) is 3.43. The second kappa shape index (κ2) is 4.38. The maximum Gasteiger partial charge on any atom is 0.263 e. The van der Waals surface area contributed by atoms with Crippen LogP contribution in [0.2, 0.25) is 0 Å². The molecule has 0 saturated heterocycles. The van der Waals surface area contributed by atoms with Gasteiger partial charge in [0.2, 0.25) is 0 Å². The Morgan fingerprint density at radius 1 is 1.40 bits per heavy atom. The van der Waals surface area contributed by atoms with Crippen molar-refractivity contribution in [3.05, 3.63) is 35.4 Å². The normalized spacial score (nSPS) is 16.2. The first-order valence-electron chi connectivity index (χ1n) is 4.75. The molecule has 2 nitrogen and oxygen atoms in total. The summed E-state index contributed by atoms with van der Waals surface area (Å²) in [5.41, 5.74) is 0.482. The Labute approximate surface area is 86.5 Å². The molecule has 79 valence electrons. The van der Waals surface area contributed by atoms with Gasteiger partial charge in [-0.1, -0.05) is 23.4 Å². The largest absolute Gasteiger partial charge is 0.392 e. The number of nitrogens with zero attached hydrogens (tertiary/aromatic N) is 1. The summed E-state index contributed by atoms with van der Waals surface area (Å²) < 4.78 is 24.6. The minimum absolute atomic E-state index is 0.0263. The Balaban J connectivity index is 2.00. The molecule has 1 aliphatic rings. The van der Waals surface area contributed by atoms with Gasteiger partial charge in [0.15, 0.2) is 0 Å². The summed E-state index contributed by atoms with van der Waals surface area (Å²) in [6, 6.07) is 5.93. The molecule has 1 radical (unpaired) electrons. The lowest BCUT2D eigenvalue weighted by Crippen LogP contribution is -1.89. The molecule has 1 fully saturated rings. The summed E-state index contributed by atoms with van der Waals surface area (Å²) in [6.07, 6.45) is 2.36. The van der Waals surface area contributed by atoms with E-state index in [1.165, 1.54) is 12.1 Å². The molecule has 15 heavy (non-hydrogen) atoms. The Morgan fingerprint density at radius 3 is 2.87 bits per heavy atom. The van der Waals surface area contributed by atoms with Crippen LogP contribution in [0.25, 0.3) is 0 Å². The SMILES string of the molecule is FC(F)c1cccc(/[C]=N/OC2CC2)c1. The van der Waals surface area contributed by atoms with Crippen molar-refractivity contribution >= 4 is 6.21 Å². The molecule has 0 N–H and O–H groups in total. The molecule has 0 heterocycles. The molecule has 0 spiro atoms. The first kappa shape index (κ1) is 10.1. The highest BCUT2D eigenvalue weighted by Gasteiger charge is 2.23. The summed E-state index contributed by atoms with van der Waals surface area (Å²) >= 11 is 0. The van der Waals surface area contributed by atoms with Crippen molar-refractivity contribution in [1.82, 2.24) is 0 Å². The molecule has 1 saturated carbocycles. The molecule has 0 amide bonds. The summed E-state index contributed by atoms with van der Waals surface area (Å²) in [4.78, 5) is 4.98. The third-order valence-corrected chi connectivity index (χ3v) is 2.04. The van der Waals surface area contributed by atoms with Crippen molar-refractivity contribution in [2.24, 2.45) is 5.16 Å². The smallest absolute Gasteiger partial charge is 0.263 e. The van der Waals surface area contributed by atoms with Gasteiger partial charge in [-0.25, -0.2) is 8.78 Å². The van der Waals surface area contributed by atoms with E-state index in [2.05, 4.69) is 11.4 Å². The molecule has 0 atom stereocenters. The van der Waals surface area contributed by atoms with Crippen LogP contribution in [-0.2, 0) is 4.84 Å². The molecular formula is C11H10F2NO. The van der Waals surface area contributed by atoms with Crippen molar-refractivity contribution in [3.63, 3.8) is 0 Å². The van der Waals surface area contributed by atoms with Crippen molar-refractivity contribution in [2.75, 3.05) is 0 Å². The minimum Gasteiger partial charge on any atom is -0.392 e. The van der Waals surface area contributed by atoms with Crippen LogP contribution in [0.1, 0.15) is 30.4 Å². The van der Waals surface area contributed by atoms with E-state index < -0.39 is 6.43 Å². The van der Waals surface area contributed by atoms with Gasteiger partial charge >= 0.3 is 0 Å². The van der Waals surface area contributed by atoms with Crippen LogP contribution < -0.4 is 0 Å². The fraction of sp³-hybridized carbons (Fsp3) is 0.364. The van der Waals surface area contributed by atoms with E-state index in [1.807, 2.05) is 0 Å². The number of halogens is 2. The maximum absolute atomic E-state index is 12.3. The molecule has 1 aromatic rings. The molecule has 0 unspecified atom stereocenters. The van der Waals surface area contributed by atoms with Crippen LogP contribution in [0, 0.1) is 0 Å². The van der Waals surface area contributed by atoms with Gasteiger partial charge in [0, 0.05) is 11.1 Å². The van der Waals surface area contributed by atoms with Gasteiger partial charge in [0.05, 0.1) is 0 Å². The second-order valence-corrected chi connectivity index (χ2v) is 3.43. The molecule has 0 aromatic heterocycles. The number of hydrogen-bond acceptors (Lipinski definition) is 2. The first-order valence-corrected chi connectivity index (χ1v) is 4.75. The lowest BCUT2D eigenvalue weighted by Gasteiger charge is -1.99. The van der Waals surface area contributed by atoms with E-state index in [-0.39, 0.29) is 11.7 Å². The lowest BCUT2D eigenvalue weighted by atomic mass is 10.1. The van der Waals surface area contributed by atoms with Gasteiger partial charge in [-0.05, 0) is 18.9 Å². The van der Waals surface area contributed by atoms with E-state index in [9.17, 15) is 8.78 Å². The Hall–Kier alpha value is -1.45. The average molecular weight is 210 g/mol. The van der Waals surface area contributed by atoms with Gasteiger partial charge in [0.1, 0.15) is 12.3 Å². The van der Waals surface area contributed by atoms with Crippen LogP contribution in [0.4, 0.5) is 8.78 Å². The van der Waals surface area contributed by atoms with Gasteiger partial charge in [-0.3, -0.25) is 0 Å². The first-order chi connectivity index (χ1) is 7.25. The molecule has 4 heteroatoms. The van der Waals surface area contributed by atoms with E-state index in [0.717, 1.165) is 12.8 Å². The minimum atomic E-state index is -2.46. The van der Waals surface area contributed by atoms with Crippen LogP contribution in [0.15, 0.2) is 29.4 Å². The number of hydrogen-bond donors (Lipinski definition) is 0. The molecule has 1 aliphatic carbocycles. The van der Waals surface area contributed by atoms with Gasteiger partial charge in [0.25, 0.3) is 6.43 Å². The van der Waals surface area contributed by atoms with Crippen molar-refractivity contribution in [1.29, 1.82) is 0 Å². The molecular weight excluding hydrogens is 200 g/mol. The van der Waals surface area contributed by atoms with Crippen LogP contribution >= 0.6 is 0 Å². The Kier molecular flexibility index (Phi) is 2.94. The fourth-order valence-corrected chi connectivity index (χ4v) is 1.07. The molecule has 1 aromatic carbocycles. The highest BCUT2D eigenvalue weighted by atomic mass is 19.3. The van der Waals surface area contributed by atoms with Crippen molar-refractivity contribution in [2.45, 2.75) is 25.4 Å². The number of benzene rings is 1. The van der Waals surface area contributed by atoms with Crippen molar-refractivity contribution in [3.8, 4) is 0 Å². The third-order valence-electron chi connectivity index (χ3n) is 2.04. The van der Waals surface area contributed by atoms with Crippen LogP contribution in [0.3, 0.4) is 0 Å². The standard InChI is InChI=1S/C11H10F2NO/c12-11(13)9-3-1-2-8(6-9)7-14-15-10-4-5-10/h1-3,6,10-11H,4-5H2. The van der Waals surface area contributed by atoms with Crippen molar-refractivity contribution < 1.29 is 13.6 Å². The highest BCUT2D eigenvalue weighted by molar-refractivity contribution is 5.79. The predicted molar refractivity (Wildman–Crippen MR) is 52.0 cm³/mol. The zero-order valence-electron chi connectivity index (χ0n) is 7.99. The van der Waals surface area contributed by atoms with Gasteiger partial charge in [-0.2, -0.15) is 0 Å². The van der Waals surface area contributed by atoms with E-state index >= 15 is 0 Å². The quantitative estimate of drug-likeness (QED) is 0.553. The monoisotopic (exact) mass is 210 g/mol. The van der Waals surface area contributed by atoms with Gasteiger partial charge in [-0.15, -0.1) is 0 Å². The van der Waals surface area contributed by atoms with E-state index in [0.29, 0.717) is 5.56 Å². The zero-order chi connectivity index (χ0) is 10.7. The van der Waals surface area contributed by atoms with Crippen LogP contribution in [0.5, 0.6) is 0 Å². The fourth-order valence-electron chi connectivity index (χ4n) is 1.07. The third kappa shape index (κ3) is 3.01. The number of rotatable bonds is 4. The summed E-state index contributed by atoms with van der Waals surface area (Å²) in [5, 5.41) is 3.61. The summed E-state index contributed by atoms with van der Waals surface area (Å²) in [7, 11) is 0. The maximum atomic E-state index is 12.3. The Bertz CT molecular complexity index is 361. The molecule has 0 aliphatic heterocycles. The van der Waals surface area contributed by atoms with Gasteiger partial charge < -0.3 is 4.84 Å². The topological polar surface area (TPSA) is 21.6 Å². The summed E-state index contributed by atoms with van der Waals surface area (Å²) in [6.45, 7) is 0. The van der Waals surface area contributed by atoms with E-state index in [1.54, 1.807) is 12.1 Å². The average Bonchev–Trinajstić information content (AvgIpc) is 3.02. The molecule has 2 rings (SSSR count). The summed E-state index contributed by atoms with van der Waals surface area (Å²) in [5.74, 6) is 0.